The molecule has 0 saturated carbocycles. The van der Waals surface area contributed by atoms with E-state index in [0.717, 1.165) is 71.6 Å². The fourth-order valence-electron chi connectivity index (χ4n) is 7.86. The van der Waals surface area contributed by atoms with Crippen molar-refractivity contribution in [2.24, 2.45) is 0 Å². The lowest BCUT2D eigenvalue weighted by Gasteiger charge is -2.15. The molecule has 0 bridgehead atoms. The van der Waals surface area contributed by atoms with E-state index < -0.39 is 0 Å². The van der Waals surface area contributed by atoms with Gasteiger partial charge in [0.25, 0.3) is 0 Å². The van der Waals surface area contributed by atoms with Crippen LogP contribution in [-0.2, 0) is 0 Å². The first-order valence-electron chi connectivity index (χ1n) is 19.6. The van der Waals surface area contributed by atoms with Crippen LogP contribution in [0.3, 0.4) is 0 Å². The van der Waals surface area contributed by atoms with Crippen LogP contribution in [0.25, 0.3) is 110 Å². The predicted molar refractivity (Wildman–Crippen MR) is 244 cm³/mol. The lowest BCUT2D eigenvalue weighted by atomic mass is 9.89. The summed E-state index contributed by atoms with van der Waals surface area (Å²) in [7, 11) is 0. The highest BCUT2D eigenvalue weighted by Gasteiger charge is 2.19. The van der Waals surface area contributed by atoms with Crippen LogP contribution in [0.15, 0.2) is 200 Å². The molecule has 0 unspecified atom stereocenters. The molecule has 6 heteroatoms. The third-order valence-corrected chi connectivity index (χ3v) is 11.9. The van der Waals surface area contributed by atoms with E-state index in [9.17, 15) is 0 Å². The Kier molecular flexibility index (Phi) is 8.60. The van der Waals surface area contributed by atoms with Crippen molar-refractivity contribution in [2.45, 2.75) is 0 Å². The average molecular weight is 772 g/mol. The van der Waals surface area contributed by atoms with Gasteiger partial charge < -0.3 is 0 Å². The molecule has 8 aromatic carbocycles. The number of fused-ring (bicyclic) bond motifs is 4. The van der Waals surface area contributed by atoms with Crippen LogP contribution in [-0.4, -0.2) is 24.9 Å². The Bertz CT molecular complexity index is 3230. The SMILES string of the molecule is c1ccc(-c2nc(-c3ccccc3)nc(-c3ccc(-c4c(-c5ccc(-c6nc(-c7ccccc7)nc7c6sc6ccccc67)cc5)ccc5ccccc45)cc3)n2)cc1. The molecule has 5 nitrogen and oxygen atoms in total. The van der Waals surface area contributed by atoms with E-state index in [0.29, 0.717) is 17.5 Å². The second-order valence-electron chi connectivity index (χ2n) is 14.4. The molecule has 0 fully saturated rings. The molecule has 0 amide bonds. The van der Waals surface area contributed by atoms with Gasteiger partial charge >= 0.3 is 0 Å². The minimum absolute atomic E-state index is 0.630. The quantitative estimate of drug-likeness (QED) is 0.161. The molecule has 11 aromatic rings. The number of rotatable bonds is 7. The summed E-state index contributed by atoms with van der Waals surface area (Å²) in [5, 5.41) is 3.53. The Morgan fingerprint density at radius 3 is 1.37 bits per heavy atom. The maximum atomic E-state index is 5.21. The van der Waals surface area contributed by atoms with E-state index in [1.54, 1.807) is 11.3 Å². The molecule has 0 N–H and O–H groups in total. The van der Waals surface area contributed by atoms with Gasteiger partial charge in [0.15, 0.2) is 23.3 Å². The summed E-state index contributed by atoms with van der Waals surface area (Å²) in [6.07, 6.45) is 0. The van der Waals surface area contributed by atoms with Crippen molar-refractivity contribution in [3.05, 3.63) is 200 Å². The Labute approximate surface area is 345 Å². The highest BCUT2D eigenvalue weighted by molar-refractivity contribution is 7.26. The molecular formula is C53H33N5S. The van der Waals surface area contributed by atoms with Crippen molar-refractivity contribution >= 4 is 42.4 Å². The lowest BCUT2D eigenvalue weighted by molar-refractivity contribution is 1.07. The number of nitrogens with zero attached hydrogens (tertiary/aromatic N) is 5. The molecule has 0 radical (unpaired) electrons. The van der Waals surface area contributed by atoms with Crippen LogP contribution >= 0.6 is 11.3 Å². The summed E-state index contributed by atoms with van der Waals surface area (Å²) in [5.41, 5.74) is 11.4. The third kappa shape index (κ3) is 6.42. The Morgan fingerprint density at radius 2 is 0.763 bits per heavy atom. The minimum Gasteiger partial charge on any atom is -0.226 e. The fourth-order valence-corrected chi connectivity index (χ4v) is 9.01. The van der Waals surface area contributed by atoms with Gasteiger partial charge in [0, 0.05) is 37.9 Å². The van der Waals surface area contributed by atoms with Gasteiger partial charge in [-0.1, -0.05) is 194 Å². The largest absolute Gasteiger partial charge is 0.226 e. The number of hydrogen-bond acceptors (Lipinski definition) is 6. The molecule has 3 aromatic heterocycles. The summed E-state index contributed by atoms with van der Waals surface area (Å²) < 4.78 is 2.30. The zero-order valence-corrected chi connectivity index (χ0v) is 32.5. The van der Waals surface area contributed by atoms with Crippen LogP contribution in [0.1, 0.15) is 0 Å². The molecule has 0 aliphatic heterocycles. The average Bonchev–Trinajstić information content (AvgIpc) is 3.70. The molecule has 0 atom stereocenters. The fraction of sp³-hybridized carbons (Fsp3) is 0. The van der Waals surface area contributed by atoms with Gasteiger partial charge in [-0.05, 0) is 39.1 Å². The highest BCUT2D eigenvalue weighted by Crippen LogP contribution is 2.42. The van der Waals surface area contributed by atoms with Crippen molar-refractivity contribution in [1.82, 2.24) is 24.9 Å². The van der Waals surface area contributed by atoms with Gasteiger partial charge in [-0.2, -0.15) is 0 Å². The van der Waals surface area contributed by atoms with Crippen molar-refractivity contribution in [2.75, 3.05) is 0 Å². The highest BCUT2D eigenvalue weighted by atomic mass is 32.1. The van der Waals surface area contributed by atoms with Crippen molar-refractivity contribution in [1.29, 1.82) is 0 Å². The van der Waals surface area contributed by atoms with Gasteiger partial charge in [-0.3, -0.25) is 0 Å². The van der Waals surface area contributed by atoms with E-state index in [-0.39, 0.29) is 0 Å². The summed E-state index contributed by atoms with van der Waals surface area (Å²) in [5.74, 6) is 2.64. The molecule has 11 rings (SSSR count). The molecule has 0 spiro atoms. The predicted octanol–water partition coefficient (Wildman–Crippen LogP) is 13.9. The first-order valence-corrected chi connectivity index (χ1v) is 20.4. The van der Waals surface area contributed by atoms with Crippen LogP contribution in [0, 0.1) is 0 Å². The maximum absolute atomic E-state index is 5.21. The first-order chi connectivity index (χ1) is 29.2. The first kappa shape index (κ1) is 34.6. The molecule has 59 heavy (non-hydrogen) atoms. The van der Waals surface area contributed by atoms with E-state index in [1.807, 2.05) is 78.9 Å². The van der Waals surface area contributed by atoms with Crippen molar-refractivity contribution in [3.63, 3.8) is 0 Å². The van der Waals surface area contributed by atoms with Gasteiger partial charge in [0.05, 0.1) is 15.9 Å². The van der Waals surface area contributed by atoms with Gasteiger partial charge in [0.1, 0.15) is 0 Å². The Balaban J connectivity index is 1.01. The van der Waals surface area contributed by atoms with Gasteiger partial charge in [0.2, 0.25) is 0 Å². The monoisotopic (exact) mass is 771 g/mol. The van der Waals surface area contributed by atoms with E-state index in [1.165, 1.54) is 21.0 Å². The van der Waals surface area contributed by atoms with Crippen LogP contribution < -0.4 is 0 Å². The Morgan fingerprint density at radius 1 is 0.305 bits per heavy atom. The summed E-state index contributed by atoms with van der Waals surface area (Å²) in [4.78, 5) is 25.1. The van der Waals surface area contributed by atoms with Crippen molar-refractivity contribution in [3.8, 4) is 79.1 Å². The van der Waals surface area contributed by atoms with Crippen molar-refractivity contribution < 1.29 is 0 Å². The van der Waals surface area contributed by atoms with E-state index in [4.69, 9.17) is 24.9 Å². The molecule has 0 aliphatic carbocycles. The lowest BCUT2D eigenvalue weighted by Crippen LogP contribution is -2.00. The van der Waals surface area contributed by atoms with Gasteiger partial charge in [-0.25, -0.2) is 24.9 Å². The standard InChI is InChI=1S/C53H33N5S/c1-4-15-38(16-5-1)50-54-47(49-48(55-50)44-22-12-13-23-45(44)59-49)37-28-24-35(25-29-37)43-33-32-34-14-10-11-21-42(34)46(43)36-26-30-41(31-27-36)53-57-51(39-17-6-2-7-18-39)56-52(58-53)40-19-8-3-9-20-40/h1-33H. The molecule has 276 valence electrons. The minimum atomic E-state index is 0.630. The summed E-state index contributed by atoms with van der Waals surface area (Å²) in [6, 6.07) is 69.4. The zero-order valence-electron chi connectivity index (χ0n) is 31.7. The van der Waals surface area contributed by atoms with Crippen LogP contribution in [0.2, 0.25) is 0 Å². The zero-order chi connectivity index (χ0) is 39.1. The summed E-state index contributed by atoms with van der Waals surface area (Å²) >= 11 is 1.75. The summed E-state index contributed by atoms with van der Waals surface area (Å²) in [6.45, 7) is 0. The third-order valence-electron chi connectivity index (χ3n) is 10.8. The number of hydrogen-bond donors (Lipinski definition) is 0. The normalized spacial score (nSPS) is 11.4. The topological polar surface area (TPSA) is 64.5 Å². The number of aromatic nitrogens is 5. The Hall–Kier alpha value is -7.67. The van der Waals surface area contributed by atoms with Crippen LogP contribution in [0.4, 0.5) is 0 Å². The van der Waals surface area contributed by atoms with E-state index >= 15 is 0 Å². The van der Waals surface area contributed by atoms with Gasteiger partial charge in [-0.15, -0.1) is 11.3 Å². The van der Waals surface area contributed by atoms with Crippen LogP contribution in [0.5, 0.6) is 0 Å². The van der Waals surface area contributed by atoms with E-state index in [2.05, 4.69) is 121 Å². The molecule has 0 aliphatic rings. The maximum Gasteiger partial charge on any atom is 0.164 e. The number of benzene rings is 8. The molecule has 3 heterocycles. The molecular weight excluding hydrogens is 739 g/mol. The number of thiophene rings is 1. The molecule has 0 saturated heterocycles. The second-order valence-corrected chi connectivity index (χ2v) is 15.5. The smallest absolute Gasteiger partial charge is 0.164 e. The second kappa shape index (κ2) is 14.7.